The van der Waals surface area contributed by atoms with E-state index < -0.39 is 0 Å². The first kappa shape index (κ1) is 38.5. The Hall–Kier alpha value is -8.92. The summed E-state index contributed by atoms with van der Waals surface area (Å²) >= 11 is 0. The minimum atomic E-state index is 0.894. The van der Waals surface area contributed by atoms with Gasteiger partial charge in [-0.2, -0.15) is 0 Å². The van der Waals surface area contributed by atoms with E-state index in [9.17, 15) is 0 Å². The van der Waals surface area contributed by atoms with Gasteiger partial charge in [0, 0.05) is 49.6 Å². The zero-order valence-electron chi connectivity index (χ0n) is 36.6. The van der Waals surface area contributed by atoms with Crippen molar-refractivity contribution in [1.29, 1.82) is 0 Å². The molecule has 2 heterocycles. The van der Waals surface area contributed by atoms with Crippen LogP contribution in [0.4, 0.5) is 17.1 Å². The first-order valence-corrected chi connectivity index (χ1v) is 22.9. The van der Waals surface area contributed by atoms with Gasteiger partial charge >= 0.3 is 0 Å². The van der Waals surface area contributed by atoms with Gasteiger partial charge in [-0.1, -0.05) is 188 Å². The molecule has 3 heteroatoms. The van der Waals surface area contributed by atoms with Crippen LogP contribution in [0, 0.1) is 0 Å². The molecule has 0 saturated carbocycles. The van der Waals surface area contributed by atoms with Crippen molar-refractivity contribution in [2.24, 2.45) is 0 Å². The second-order valence-corrected chi connectivity index (χ2v) is 17.3. The molecule has 0 bridgehead atoms. The van der Waals surface area contributed by atoms with E-state index >= 15 is 0 Å². The highest BCUT2D eigenvalue weighted by Crippen LogP contribution is 2.45. The van der Waals surface area contributed by atoms with Crippen LogP contribution in [-0.4, -0.2) is 4.57 Å². The maximum atomic E-state index is 6.56. The standard InChI is InChI=1S/C64H42N2O/c1-2-17-45-41-49(35-34-43(45)16-1)53-23-3-8-29-59(53)65(51-21-14-20-48(42-51)54-27-15-28-58-57-26-7-12-33-63(57)67-64(54)58)50-38-36-44(37-39-50)46-18-13-19-47(40-46)52-22-4-9-30-60(52)66-61-31-10-5-24-55(61)56-25-6-11-32-62(56)66/h1-42H. The van der Waals surface area contributed by atoms with Crippen LogP contribution in [0.2, 0.25) is 0 Å². The maximum absolute atomic E-state index is 6.56. The Morgan fingerprint density at radius 2 is 0.881 bits per heavy atom. The van der Waals surface area contributed by atoms with Crippen LogP contribution in [0.3, 0.4) is 0 Å². The van der Waals surface area contributed by atoms with Crippen LogP contribution >= 0.6 is 0 Å². The molecule has 0 N–H and O–H groups in total. The minimum Gasteiger partial charge on any atom is -0.455 e. The molecular formula is C64H42N2O. The average molecular weight is 855 g/mol. The third-order valence-electron chi connectivity index (χ3n) is 13.4. The fourth-order valence-corrected chi connectivity index (χ4v) is 10.2. The van der Waals surface area contributed by atoms with E-state index in [0.717, 1.165) is 78.1 Å². The molecule has 11 aromatic carbocycles. The lowest BCUT2D eigenvalue weighted by atomic mass is 9.96. The van der Waals surface area contributed by atoms with Gasteiger partial charge in [-0.15, -0.1) is 0 Å². The largest absolute Gasteiger partial charge is 0.455 e. The molecule has 0 unspecified atom stereocenters. The van der Waals surface area contributed by atoms with E-state index in [4.69, 9.17) is 4.42 Å². The van der Waals surface area contributed by atoms with E-state index in [0.29, 0.717) is 0 Å². The topological polar surface area (TPSA) is 21.3 Å². The molecule has 2 aromatic heterocycles. The van der Waals surface area contributed by atoms with Crippen molar-refractivity contribution in [3.63, 3.8) is 0 Å². The molecule has 0 fully saturated rings. The number of para-hydroxylation sites is 6. The number of furan rings is 1. The zero-order valence-corrected chi connectivity index (χ0v) is 36.6. The molecule has 0 spiro atoms. The summed E-state index contributed by atoms with van der Waals surface area (Å²) in [7, 11) is 0. The van der Waals surface area contributed by atoms with E-state index in [2.05, 4.69) is 252 Å². The van der Waals surface area contributed by atoms with Crippen molar-refractivity contribution in [2.75, 3.05) is 4.90 Å². The van der Waals surface area contributed by atoms with Crippen LogP contribution in [0.1, 0.15) is 0 Å². The zero-order chi connectivity index (χ0) is 44.3. The van der Waals surface area contributed by atoms with Crippen molar-refractivity contribution >= 4 is 71.6 Å². The molecule has 0 saturated heterocycles. The molecule has 0 aliphatic rings. The van der Waals surface area contributed by atoms with Gasteiger partial charge < -0.3 is 13.9 Å². The monoisotopic (exact) mass is 854 g/mol. The van der Waals surface area contributed by atoms with Gasteiger partial charge in [-0.05, 0) is 105 Å². The highest BCUT2D eigenvalue weighted by Gasteiger charge is 2.20. The summed E-state index contributed by atoms with van der Waals surface area (Å²) in [4.78, 5) is 2.40. The van der Waals surface area contributed by atoms with Crippen LogP contribution in [0.5, 0.6) is 0 Å². The number of hydrogen-bond acceptors (Lipinski definition) is 2. The van der Waals surface area contributed by atoms with Gasteiger partial charge in [0.05, 0.1) is 22.4 Å². The molecule has 0 amide bonds. The van der Waals surface area contributed by atoms with Crippen molar-refractivity contribution < 1.29 is 4.42 Å². The van der Waals surface area contributed by atoms with Crippen LogP contribution in [0.25, 0.3) is 105 Å². The van der Waals surface area contributed by atoms with Gasteiger partial charge in [-0.3, -0.25) is 0 Å². The van der Waals surface area contributed by atoms with Crippen LogP contribution < -0.4 is 4.90 Å². The molecular weight excluding hydrogens is 813 g/mol. The summed E-state index contributed by atoms with van der Waals surface area (Å²) in [6.45, 7) is 0. The van der Waals surface area contributed by atoms with Crippen molar-refractivity contribution in [1.82, 2.24) is 4.57 Å². The number of benzene rings is 11. The highest BCUT2D eigenvalue weighted by atomic mass is 16.3. The lowest BCUT2D eigenvalue weighted by Crippen LogP contribution is -2.11. The van der Waals surface area contributed by atoms with Crippen molar-refractivity contribution in [2.45, 2.75) is 0 Å². The van der Waals surface area contributed by atoms with Gasteiger partial charge in [0.2, 0.25) is 0 Å². The Balaban J connectivity index is 0.928. The first-order valence-electron chi connectivity index (χ1n) is 22.9. The summed E-state index contributed by atoms with van der Waals surface area (Å²) in [5, 5.41) is 7.19. The van der Waals surface area contributed by atoms with Gasteiger partial charge in [0.25, 0.3) is 0 Å². The van der Waals surface area contributed by atoms with Crippen LogP contribution in [-0.2, 0) is 0 Å². The summed E-state index contributed by atoms with van der Waals surface area (Å²) < 4.78 is 8.97. The number of rotatable bonds is 8. The molecule has 314 valence electrons. The number of aromatic nitrogens is 1. The summed E-state index contributed by atoms with van der Waals surface area (Å²) in [5.74, 6) is 0. The first-order chi connectivity index (χ1) is 33.2. The van der Waals surface area contributed by atoms with Gasteiger partial charge in [0.1, 0.15) is 11.2 Å². The molecule has 3 nitrogen and oxygen atoms in total. The average Bonchev–Trinajstić information content (AvgIpc) is 3.95. The van der Waals surface area contributed by atoms with Crippen molar-refractivity contribution in [3.8, 4) is 50.2 Å². The van der Waals surface area contributed by atoms with Crippen molar-refractivity contribution in [3.05, 3.63) is 255 Å². The number of hydrogen-bond donors (Lipinski definition) is 0. The second-order valence-electron chi connectivity index (χ2n) is 17.3. The van der Waals surface area contributed by atoms with Gasteiger partial charge in [0.15, 0.2) is 0 Å². The number of anilines is 3. The Morgan fingerprint density at radius 3 is 1.70 bits per heavy atom. The van der Waals surface area contributed by atoms with Crippen LogP contribution in [0.15, 0.2) is 259 Å². The predicted molar refractivity (Wildman–Crippen MR) is 282 cm³/mol. The lowest BCUT2D eigenvalue weighted by molar-refractivity contribution is 0.670. The third-order valence-corrected chi connectivity index (χ3v) is 13.4. The van der Waals surface area contributed by atoms with E-state index in [1.807, 2.05) is 12.1 Å². The molecule has 13 rings (SSSR count). The third kappa shape index (κ3) is 6.59. The fourth-order valence-electron chi connectivity index (χ4n) is 10.2. The summed E-state index contributed by atoms with van der Waals surface area (Å²) in [5.41, 5.74) is 17.7. The Labute approximate surface area is 388 Å². The van der Waals surface area contributed by atoms with E-state index in [-0.39, 0.29) is 0 Å². The fraction of sp³-hybridized carbons (Fsp3) is 0. The smallest absolute Gasteiger partial charge is 0.143 e. The van der Waals surface area contributed by atoms with Gasteiger partial charge in [-0.25, -0.2) is 0 Å². The SMILES string of the molecule is c1cc(-c2ccc(N(c3cccc(-c4cccc5c4oc4ccccc45)c3)c3ccccc3-c3ccc4ccccc4c3)cc2)cc(-c2ccccc2-n2c3ccccc3c3ccccc32)c1. The molecule has 13 aromatic rings. The second kappa shape index (κ2) is 16.0. The Morgan fingerprint density at radius 1 is 0.313 bits per heavy atom. The highest BCUT2D eigenvalue weighted by molar-refractivity contribution is 6.11. The summed E-state index contributed by atoms with van der Waals surface area (Å²) in [6.07, 6.45) is 0. The maximum Gasteiger partial charge on any atom is 0.143 e. The molecule has 0 radical (unpaired) electrons. The Bertz CT molecular complexity index is 3950. The molecule has 0 atom stereocenters. The number of fused-ring (bicyclic) bond motifs is 7. The Kier molecular flexibility index (Phi) is 9.17. The summed E-state index contributed by atoms with van der Waals surface area (Å²) in [6, 6.07) is 91.9. The molecule has 0 aliphatic heterocycles. The predicted octanol–water partition coefficient (Wildman–Crippen LogP) is 18.0. The minimum absolute atomic E-state index is 0.894. The lowest BCUT2D eigenvalue weighted by Gasteiger charge is -2.28. The van der Waals surface area contributed by atoms with E-state index in [1.165, 1.54) is 43.7 Å². The normalized spacial score (nSPS) is 11.6. The number of nitrogens with zero attached hydrogens (tertiary/aromatic N) is 2. The quantitative estimate of drug-likeness (QED) is 0.152. The van der Waals surface area contributed by atoms with E-state index in [1.54, 1.807) is 0 Å². The molecule has 0 aliphatic carbocycles. The molecule has 67 heavy (non-hydrogen) atoms.